The SMILES string of the molecule is CCOC(=O)c1ccccc1NC(=O)CSc1ccc(NC(=O)C(C)C)nn1. The number of aromatic nitrogens is 2. The number of nitrogens with one attached hydrogen (secondary N) is 2. The van der Waals surface area contributed by atoms with E-state index in [1.165, 1.54) is 11.8 Å². The molecule has 2 aromatic rings. The number of nitrogens with zero attached hydrogens (tertiary/aromatic N) is 2. The number of hydrogen-bond acceptors (Lipinski definition) is 7. The van der Waals surface area contributed by atoms with E-state index in [1.54, 1.807) is 57.2 Å². The van der Waals surface area contributed by atoms with Gasteiger partial charge in [0.2, 0.25) is 11.8 Å². The summed E-state index contributed by atoms with van der Waals surface area (Å²) in [5.41, 5.74) is 0.692. The molecule has 9 heteroatoms. The lowest BCUT2D eigenvalue weighted by Crippen LogP contribution is -2.19. The van der Waals surface area contributed by atoms with E-state index >= 15 is 0 Å². The molecule has 0 bridgehead atoms. The van der Waals surface area contributed by atoms with Crippen molar-refractivity contribution in [2.24, 2.45) is 5.92 Å². The van der Waals surface area contributed by atoms with Gasteiger partial charge in [-0.2, -0.15) is 0 Å². The summed E-state index contributed by atoms with van der Waals surface area (Å²) in [5, 5.41) is 13.8. The van der Waals surface area contributed by atoms with Crippen LogP contribution in [-0.2, 0) is 14.3 Å². The standard InChI is InChI=1S/C19H22N4O4S/c1-4-27-19(26)13-7-5-6-8-14(13)20-16(24)11-28-17-10-9-15(22-23-17)21-18(25)12(2)3/h5-10,12H,4,11H2,1-3H3,(H,20,24)(H,21,22,25). The number of esters is 1. The quantitative estimate of drug-likeness (QED) is 0.516. The minimum absolute atomic E-state index is 0.0868. The highest BCUT2D eigenvalue weighted by atomic mass is 32.2. The van der Waals surface area contributed by atoms with Gasteiger partial charge in [0.15, 0.2) is 5.82 Å². The van der Waals surface area contributed by atoms with Crippen LogP contribution in [0.2, 0.25) is 0 Å². The molecule has 2 rings (SSSR count). The molecule has 148 valence electrons. The lowest BCUT2D eigenvalue weighted by Gasteiger charge is -2.10. The van der Waals surface area contributed by atoms with E-state index < -0.39 is 5.97 Å². The Balaban J connectivity index is 1.91. The Morgan fingerprint density at radius 2 is 1.82 bits per heavy atom. The van der Waals surface area contributed by atoms with E-state index in [0.717, 1.165) is 0 Å². The molecule has 2 amide bonds. The van der Waals surface area contributed by atoms with Gasteiger partial charge < -0.3 is 15.4 Å². The largest absolute Gasteiger partial charge is 0.462 e. The predicted octanol–water partition coefficient (Wildman–Crippen LogP) is 2.98. The number of amides is 2. The first-order valence-electron chi connectivity index (χ1n) is 8.74. The van der Waals surface area contributed by atoms with Crippen molar-refractivity contribution < 1.29 is 19.1 Å². The minimum Gasteiger partial charge on any atom is -0.462 e. The van der Waals surface area contributed by atoms with Gasteiger partial charge in [0, 0.05) is 5.92 Å². The Bertz CT molecular complexity index is 840. The summed E-state index contributed by atoms with van der Waals surface area (Å²) in [6.45, 7) is 5.54. The molecule has 0 aliphatic rings. The van der Waals surface area contributed by atoms with Crippen LogP contribution in [0.4, 0.5) is 11.5 Å². The van der Waals surface area contributed by atoms with Crippen molar-refractivity contribution in [1.29, 1.82) is 0 Å². The molecule has 1 heterocycles. The van der Waals surface area contributed by atoms with Crippen molar-refractivity contribution in [2.75, 3.05) is 23.0 Å². The monoisotopic (exact) mass is 402 g/mol. The van der Waals surface area contributed by atoms with Crippen LogP contribution in [0.5, 0.6) is 0 Å². The molecule has 0 aliphatic carbocycles. The van der Waals surface area contributed by atoms with Gasteiger partial charge in [0.05, 0.1) is 23.6 Å². The molecule has 1 aromatic carbocycles. The first kappa shape index (κ1) is 21.4. The van der Waals surface area contributed by atoms with Gasteiger partial charge in [-0.3, -0.25) is 9.59 Å². The van der Waals surface area contributed by atoms with Crippen LogP contribution in [0.1, 0.15) is 31.1 Å². The average Bonchev–Trinajstić information content (AvgIpc) is 2.68. The van der Waals surface area contributed by atoms with E-state index in [1.807, 2.05) is 0 Å². The second kappa shape index (κ2) is 10.4. The average molecular weight is 402 g/mol. The fourth-order valence-electron chi connectivity index (χ4n) is 2.04. The van der Waals surface area contributed by atoms with Crippen LogP contribution in [0.25, 0.3) is 0 Å². The maximum absolute atomic E-state index is 12.2. The van der Waals surface area contributed by atoms with Crippen LogP contribution in [0.15, 0.2) is 41.4 Å². The molecule has 0 fully saturated rings. The number of para-hydroxylation sites is 1. The zero-order valence-corrected chi connectivity index (χ0v) is 16.7. The van der Waals surface area contributed by atoms with Crippen LogP contribution < -0.4 is 10.6 Å². The molecule has 0 radical (unpaired) electrons. The molecular weight excluding hydrogens is 380 g/mol. The van der Waals surface area contributed by atoms with Gasteiger partial charge in [0.25, 0.3) is 0 Å². The summed E-state index contributed by atoms with van der Waals surface area (Å²) in [6.07, 6.45) is 0. The van der Waals surface area contributed by atoms with Gasteiger partial charge >= 0.3 is 5.97 Å². The third kappa shape index (κ3) is 6.34. The lowest BCUT2D eigenvalue weighted by atomic mass is 10.2. The fraction of sp³-hybridized carbons (Fsp3) is 0.316. The Hall–Kier alpha value is -2.94. The van der Waals surface area contributed by atoms with E-state index in [0.29, 0.717) is 22.1 Å². The second-order valence-corrected chi connectivity index (χ2v) is 7.00. The maximum atomic E-state index is 12.2. The molecule has 0 saturated heterocycles. The van der Waals surface area contributed by atoms with Gasteiger partial charge in [-0.1, -0.05) is 37.7 Å². The van der Waals surface area contributed by atoms with Gasteiger partial charge in [0.1, 0.15) is 5.03 Å². The van der Waals surface area contributed by atoms with E-state index in [4.69, 9.17) is 4.74 Å². The maximum Gasteiger partial charge on any atom is 0.340 e. The molecule has 2 N–H and O–H groups in total. The molecule has 0 spiro atoms. The normalized spacial score (nSPS) is 10.4. The molecule has 0 atom stereocenters. The summed E-state index contributed by atoms with van der Waals surface area (Å²) in [5.74, 6) is -0.636. The van der Waals surface area contributed by atoms with Crippen molar-refractivity contribution in [2.45, 2.75) is 25.8 Å². The molecule has 0 unspecified atom stereocenters. The van der Waals surface area contributed by atoms with E-state index in [2.05, 4.69) is 20.8 Å². The Morgan fingerprint density at radius 1 is 1.07 bits per heavy atom. The molecule has 1 aromatic heterocycles. The first-order chi connectivity index (χ1) is 13.4. The number of rotatable bonds is 8. The summed E-state index contributed by atoms with van der Waals surface area (Å²) < 4.78 is 4.99. The summed E-state index contributed by atoms with van der Waals surface area (Å²) in [6, 6.07) is 9.96. The molecule has 28 heavy (non-hydrogen) atoms. The highest BCUT2D eigenvalue weighted by molar-refractivity contribution is 7.99. The van der Waals surface area contributed by atoms with Gasteiger partial charge in [-0.15, -0.1) is 10.2 Å². The van der Waals surface area contributed by atoms with E-state index in [-0.39, 0.29) is 30.1 Å². The third-order valence-electron chi connectivity index (χ3n) is 3.46. The third-order valence-corrected chi connectivity index (χ3v) is 4.38. The number of ether oxygens (including phenoxy) is 1. The molecule has 8 nitrogen and oxygen atoms in total. The van der Waals surface area contributed by atoms with Crippen LogP contribution >= 0.6 is 11.8 Å². The number of benzene rings is 1. The number of anilines is 2. The Morgan fingerprint density at radius 3 is 2.46 bits per heavy atom. The van der Waals surface area contributed by atoms with Gasteiger partial charge in [-0.25, -0.2) is 4.79 Å². The zero-order valence-electron chi connectivity index (χ0n) is 15.9. The number of carbonyl (C=O) groups excluding carboxylic acids is 3. The second-order valence-electron chi connectivity index (χ2n) is 6.00. The lowest BCUT2D eigenvalue weighted by molar-refractivity contribution is -0.119. The van der Waals surface area contributed by atoms with Crippen molar-refractivity contribution in [3.63, 3.8) is 0 Å². The van der Waals surface area contributed by atoms with E-state index in [9.17, 15) is 14.4 Å². The summed E-state index contributed by atoms with van der Waals surface area (Å²) in [7, 11) is 0. The molecule has 0 aliphatic heterocycles. The van der Waals surface area contributed by atoms with Crippen molar-refractivity contribution >= 4 is 41.1 Å². The minimum atomic E-state index is -0.490. The number of hydrogen-bond donors (Lipinski definition) is 2. The smallest absolute Gasteiger partial charge is 0.340 e. The summed E-state index contributed by atoms with van der Waals surface area (Å²) in [4.78, 5) is 35.8. The van der Waals surface area contributed by atoms with Crippen LogP contribution in [-0.4, -0.2) is 40.3 Å². The van der Waals surface area contributed by atoms with Crippen molar-refractivity contribution in [1.82, 2.24) is 10.2 Å². The highest BCUT2D eigenvalue weighted by Crippen LogP contribution is 2.19. The number of carbonyl (C=O) groups is 3. The van der Waals surface area contributed by atoms with Crippen molar-refractivity contribution in [3.8, 4) is 0 Å². The molecular formula is C19H22N4O4S. The van der Waals surface area contributed by atoms with Crippen LogP contribution in [0, 0.1) is 5.92 Å². The van der Waals surface area contributed by atoms with Crippen LogP contribution in [0.3, 0.4) is 0 Å². The predicted molar refractivity (Wildman–Crippen MR) is 107 cm³/mol. The molecule has 0 saturated carbocycles. The Kier molecular flexibility index (Phi) is 7.94. The highest BCUT2D eigenvalue weighted by Gasteiger charge is 2.14. The van der Waals surface area contributed by atoms with Gasteiger partial charge in [-0.05, 0) is 31.2 Å². The summed E-state index contributed by atoms with van der Waals surface area (Å²) >= 11 is 1.19. The zero-order chi connectivity index (χ0) is 20.5. The fourth-order valence-corrected chi connectivity index (χ4v) is 2.65. The Labute approximate surface area is 167 Å². The topological polar surface area (TPSA) is 110 Å². The first-order valence-corrected chi connectivity index (χ1v) is 9.72. The van der Waals surface area contributed by atoms with Crippen molar-refractivity contribution in [3.05, 3.63) is 42.0 Å². The number of thioether (sulfide) groups is 1.